The molecule has 1 aromatic carbocycles. The van der Waals surface area contributed by atoms with Crippen molar-refractivity contribution in [1.29, 1.82) is 0 Å². The van der Waals surface area contributed by atoms with Crippen molar-refractivity contribution in [3.05, 3.63) is 36.0 Å². The van der Waals surface area contributed by atoms with E-state index in [2.05, 4.69) is 17.4 Å². The molecule has 1 fully saturated rings. The lowest BCUT2D eigenvalue weighted by molar-refractivity contribution is 0.131. The zero-order valence-electron chi connectivity index (χ0n) is 11.1. The number of para-hydroxylation sites is 1. The van der Waals surface area contributed by atoms with Crippen LogP contribution in [0, 0.1) is 0 Å². The second-order valence-corrected chi connectivity index (χ2v) is 4.70. The molecule has 0 spiro atoms. The number of ether oxygens (including phenoxy) is 2. The third-order valence-corrected chi connectivity index (χ3v) is 3.42. The predicted molar refractivity (Wildman–Crippen MR) is 74.5 cm³/mol. The number of pyridine rings is 1. The SMILES string of the molecule is COc1cccc2ccc(C3COCCCN3)nc12. The Morgan fingerprint density at radius 3 is 3.16 bits per heavy atom. The second-order valence-electron chi connectivity index (χ2n) is 4.70. The van der Waals surface area contributed by atoms with Crippen LogP contribution in [-0.2, 0) is 4.74 Å². The minimum atomic E-state index is 0.164. The van der Waals surface area contributed by atoms with Gasteiger partial charge in [0.25, 0.3) is 0 Å². The van der Waals surface area contributed by atoms with E-state index in [0.717, 1.165) is 41.9 Å². The van der Waals surface area contributed by atoms with Crippen LogP contribution in [0.2, 0.25) is 0 Å². The van der Waals surface area contributed by atoms with Gasteiger partial charge >= 0.3 is 0 Å². The Kier molecular flexibility index (Phi) is 3.62. The molecule has 1 aliphatic heterocycles. The molecule has 0 amide bonds. The van der Waals surface area contributed by atoms with E-state index in [0.29, 0.717) is 6.61 Å². The summed E-state index contributed by atoms with van der Waals surface area (Å²) in [6.45, 7) is 2.46. The van der Waals surface area contributed by atoms with Crippen LogP contribution in [0.3, 0.4) is 0 Å². The van der Waals surface area contributed by atoms with Gasteiger partial charge in [0, 0.05) is 12.0 Å². The van der Waals surface area contributed by atoms with Gasteiger partial charge in [0.15, 0.2) is 0 Å². The maximum absolute atomic E-state index is 5.60. The molecule has 0 radical (unpaired) electrons. The van der Waals surface area contributed by atoms with Crippen molar-refractivity contribution in [3.63, 3.8) is 0 Å². The Morgan fingerprint density at radius 1 is 1.32 bits per heavy atom. The van der Waals surface area contributed by atoms with Crippen molar-refractivity contribution < 1.29 is 9.47 Å². The summed E-state index contributed by atoms with van der Waals surface area (Å²) >= 11 is 0. The smallest absolute Gasteiger partial charge is 0.145 e. The molecule has 2 aromatic rings. The zero-order valence-corrected chi connectivity index (χ0v) is 11.1. The number of hydrogen-bond acceptors (Lipinski definition) is 4. The number of hydrogen-bond donors (Lipinski definition) is 1. The third-order valence-electron chi connectivity index (χ3n) is 3.42. The van der Waals surface area contributed by atoms with E-state index >= 15 is 0 Å². The van der Waals surface area contributed by atoms with Crippen molar-refractivity contribution in [2.45, 2.75) is 12.5 Å². The average molecular weight is 258 g/mol. The highest BCUT2D eigenvalue weighted by Crippen LogP contribution is 2.25. The molecule has 0 saturated carbocycles. The van der Waals surface area contributed by atoms with Gasteiger partial charge in [-0.25, -0.2) is 4.98 Å². The fourth-order valence-electron chi connectivity index (χ4n) is 2.39. The number of benzene rings is 1. The first-order valence-corrected chi connectivity index (χ1v) is 6.63. The molecule has 4 heteroatoms. The lowest BCUT2D eigenvalue weighted by atomic mass is 10.1. The zero-order chi connectivity index (χ0) is 13.1. The fourth-order valence-corrected chi connectivity index (χ4v) is 2.39. The Morgan fingerprint density at radius 2 is 2.26 bits per heavy atom. The van der Waals surface area contributed by atoms with Crippen LogP contribution in [0.4, 0.5) is 0 Å². The van der Waals surface area contributed by atoms with Gasteiger partial charge in [-0.15, -0.1) is 0 Å². The van der Waals surface area contributed by atoms with Gasteiger partial charge < -0.3 is 14.8 Å². The average Bonchev–Trinajstić information content (AvgIpc) is 2.75. The Bertz CT molecular complexity index is 563. The predicted octanol–water partition coefficient (Wildman–Crippen LogP) is 2.29. The highest BCUT2D eigenvalue weighted by atomic mass is 16.5. The van der Waals surface area contributed by atoms with Gasteiger partial charge in [0.05, 0.1) is 25.5 Å². The first-order chi connectivity index (χ1) is 9.38. The lowest BCUT2D eigenvalue weighted by Gasteiger charge is -2.15. The van der Waals surface area contributed by atoms with Crippen LogP contribution >= 0.6 is 0 Å². The monoisotopic (exact) mass is 258 g/mol. The molecule has 1 N–H and O–H groups in total. The van der Waals surface area contributed by atoms with Crippen molar-refractivity contribution in [2.75, 3.05) is 26.9 Å². The number of aromatic nitrogens is 1. The summed E-state index contributed by atoms with van der Waals surface area (Å²) in [6.07, 6.45) is 1.05. The van der Waals surface area contributed by atoms with Crippen molar-refractivity contribution in [3.8, 4) is 5.75 Å². The summed E-state index contributed by atoms with van der Waals surface area (Å²) in [5.41, 5.74) is 1.92. The molecular weight excluding hydrogens is 240 g/mol. The molecule has 100 valence electrons. The normalized spacial score (nSPS) is 20.2. The third kappa shape index (κ3) is 2.55. The molecule has 2 heterocycles. The minimum absolute atomic E-state index is 0.164. The van der Waals surface area contributed by atoms with Gasteiger partial charge in [0.1, 0.15) is 11.3 Å². The van der Waals surface area contributed by atoms with Crippen LogP contribution in [0.15, 0.2) is 30.3 Å². The number of nitrogens with zero attached hydrogens (tertiary/aromatic N) is 1. The summed E-state index contributed by atoms with van der Waals surface area (Å²) in [5.74, 6) is 0.814. The fraction of sp³-hybridized carbons (Fsp3) is 0.400. The Labute approximate surface area is 112 Å². The van der Waals surface area contributed by atoms with Gasteiger partial charge in [-0.3, -0.25) is 0 Å². The van der Waals surface area contributed by atoms with Crippen molar-refractivity contribution in [1.82, 2.24) is 10.3 Å². The summed E-state index contributed by atoms with van der Waals surface area (Å²) in [5, 5.41) is 4.57. The van der Waals surface area contributed by atoms with Crippen molar-refractivity contribution in [2.24, 2.45) is 0 Å². The van der Waals surface area contributed by atoms with Crippen LogP contribution in [0.1, 0.15) is 18.2 Å². The largest absolute Gasteiger partial charge is 0.494 e. The van der Waals surface area contributed by atoms with Gasteiger partial charge in [-0.1, -0.05) is 18.2 Å². The highest BCUT2D eigenvalue weighted by Gasteiger charge is 2.16. The minimum Gasteiger partial charge on any atom is -0.494 e. The van der Waals surface area contributed by atoms with Crippen molar-refractivity contribution >= 4 is 10.9 Å². The summed E-state index contributed by atoms with van der Waals surface area (Å²) in [4.78, 5) is 4.74. The molecule has 1 atom stereocenters. The molecule has 0 bridgehead atoms. The molecule has 4 nitrogen and oxygen atoms in total. The Balaban J connectivity index is 1.99. The summed E-state index contributed by atoms with van der Waals surface area (Å²) in [6, 6.07) is 10.3. The molecular formula is C15H18N2O2. The highest BCUT2D eigenvalue weighted by molar-refractivity contribution is 5.84. The lowest BCUT2D eigenvalue weighted by Crippen LogP contribution is -2.24. The maximum atomic E-state index is 5.60. The molecule has 1 saturated heterocycles. The number of rotatable bonds is 2. The summed E-state index contributed by atoms with van der Waals surface area (Å²) < 4.78 is 11.0. The number of nitrogens with one attached hydrogen (secondary N) is 1. The molecule has 19 heavy (non-hydrogen) atoms. The van der Waals surface area contributed by atoms with Crippen LogP contribution in [0.25, 0.3) is 10.9 Å². The van der Waals surface area contributed by atoms with E-state index < -0.39 is 0 Å². The molecule has 1 unspecified atom stereocenters. The standard InChI is InChI=1S/C15H18N2O2/c1-18-14-5-2-4-11-6-7-12(17-15(11)14)13-10-19-9-3-8-16-13/h2,4-7,13,16H,3,8-10H2,1H3. The van der Waals surface area contributed by atoms with Gasteiger partial charge in [-0.2, -0.15) is 0 Å². The maximum Gasteiger partial charge on any atom is 0.145 e. The first-order valence-electron chi connectivity index (χ1n) is 6.63. The number of methoxy groups -OCH3 is 1. The van der Waals surface area contributed by atoms with E-state index in [1.807, 2.05) is 18.2 Å². The number of fused-ring (bicyclic) bond motifs is 1. The van der Waals surface area contributed by atoms with E-state index in [4.69, 9.17) is 14.5 Å². The molecule has 3 rings (SSSR count). The molecule has 1 aromatic heterocycles. The van der Waals surface area contributed by atoms with Crippen LogP contribution in [0.5, 0.6) is 5.75 Å². The van der Waals surface area contributed by atoms with Gasteiger partial charge in [-0.05, 0) is 25.1 Å². The van der Waals surface area contributed by atoms with E-state index in [1.54, 1.807) is 7.11 Å². The van der Waals surface area contributed by atoms with E-state index in [-0.39, 0.29) is 6.04 Å². The molecule has 1 aliphatic rings. The topological polar surface area (TPSA) is 43.4 Å². The van der Waals surface area contributed by atoms with E-state index in [9.17, 15) is 0 Å². The quantitative estimate of drug-likeness (QED) is 0.897. The van der Waals surface area contributed by atoms with E-state index in [1.165, 1.54) is 0 Å². The Hall–Kier alpha value is -1.65. The van der Waals surface area contributed by atoms with Crippen LogP contribution in [-0.4, -0.2) is 31.9 Å². The molecule has 0 aliphatic carbocycles. The summed E-state index contributed by atoms with van der Waals surface area (Å²) in [7, 11) is 1.68. The first kappa shape index (κ1) is 12.4. The van der Waals surface area contributed by atoms with Gasteiger partial charge in [0.2, 0.25) is 0 Å². The van der Waals surface area contributed by atoms with Crippen LogP contribution < -0.4 is 10.1 Å². The second kappa shape index (κ2) is 5.55.